The molecule has 0 N–H and O–H groups in total. The molecular formula is C19H18F3N3O4S. The molecule has 0 aliphatic heterocycles. The molecule has 0 spiro atoms. The van der Waals surface area contributed by atoms with E-state index in [1.165, 1.54) is 12.1 Å². The Hall–Kier alpha value is -2.95. The molecule has 0 bridgehead atoms. The SMILES string of the molecule is CCOC(=O)C(C)(C)c1nsc2ccc(-n3c(=O)cc(C(F)(F)F)n(C)c3=O)cc12. The number of hydrogen-bond acceptors (Lipinski definition) is 6. The minimum absolute atomic E-state index is 0.0722. The van der Waals surface area contributed by atoms with E-state index >= 15 is 0 Å². The predicted octanol–water partition coefficient (Wildman–Crippen LogP) is 3.01. The Morgan fingerprint density at radius 1 is 1.20 bits per heavy atom. The lowest BCUT2D eigenvalue weighted by molar-refractivity contribution is -0.149. The van der Waals surface area contributed by atoms with E-state index in [1.807, 2.05) is 0 Å². The van der Waals surface area contributed by atoms with Gasteiger partial charge in [-0.15, -0.1) is 0 Å². The Labute approximate surface area is 172 Å². The summed E-state index contributed by atoms with van der Waals surface area (Å²) in [7, 11) is 0.946. The van der Waals surface area contributed by atoms with Crippen molar-refractivity contribution in [1.82, 2.24) is 13.5 Å². The number of alkyl halides is 3. The van der Waals surface area contributed by atoms with Crippen molar-refractivity contribution >= 4 is 27.6 Å². The van der Waals surface area contributed by atoms with E-state index in [-0.39, 0.29) is 12.3 Å². The number of fused-ring (bicyclic) bond motifs is 1. The third-order valence-electron chi connectivity index (χ3n) is 4.70. The largest absolute Gasteiger partial charge is 0.465 e. The molecular weight excluding hydrogens is 423 g/mol. The molecule has 2 aromatic heterocycles. The fourth-order valence-corrected chi connectivity index (χ4v) is 3.96. The van der Waals surface area contributed by atoms with Crippen molar-refractivity contribution in [3.8, 4) is 5.69 Å². The second-order valence-electron chi connectivity index (χ2n) is 7.10. The van der Waals surface area contributed by atoms with Crippen LogP contribution in [-0.4, -0.2) is 26.1 Å². The van der Waals surface area contributed by atoms with Gasteiger partial charge in [-0.25, -0.2) is 9.36 Å². The van der Waals surface area contributed by atoms with Crippen molar-refractivity contribution < 1.29 is 22.7 Å². The normalized spacial score (nSPS) is 12.4. The third-order valence-corrected chi connectivity index (χ3v) is 5.53. The van der Waals surface area contributed by atoms with Gasteiger partial charge < -0.3 is 4.74 Å². The first-order valence-corrected chi connectivity index (χ1v) is 9.64. The molecule has 0 amide bonds. The molecule has 0 fully saturated rings. The average Bonchev–Trinajstić information content (AvgIpc) is 3.08. The number of ether oxygens (including phenoxy) is 1. The molecule has 30 heavy (non-hydrogen) atoms. The van der Waals surface area contributed by atoms with Crippen molar-refractivity contribution in [1.29, 1.82) is 0 Å². The molecule has 2 heterocycles. The maximum absolute atomic E-state index is 13.1. The summed E-state index contributed by atoms with van der Waals surface area (Å²) in [6.45, 7) is 5.13. The molecule has 0 unspecified atom stereocenters. The second-order valence-corrected chi connectivity index (χ2v) is 7.90. The fourth-order valence-electron chi connectivity index (χ4n) is 3.06. The van der Waals surface area contributed by atoms with Gasteiger partial charge in [0.2, 0.25) is 0 Å². The molecule has 160 valence electrons. The van der Waals surface area contributed by atoms with Gasteiger partial charge in [-0.1, -0.05) is 0 Å². The lowest BCUT2D eigenvalue weighted by atomic mass is 9.87. The van der Waals surface area contributed by atoms with Crippen LogP contribution >= 0.6 is 11.5 Å². The highest BCUT2D eigenvalue weighted by Crippen LogP contribution is 2.34. The van der Waals surface area contributed by atoms with Gasteiger partial charge in [0.05, 0.1) is 22.7 Å². The maximum atomic E-state index is 13.1. The Balaban J connectivity index is 2.23. The van der Waals surface area contributed by atoms with Gasteiger partial charge >= 0.3 is 17.8 Å². The number of aromatic nitrogens is 3. The number of carbonyl (C=O) groups is 1. The molecule has 0 aliphatic rings. The molecule has 0 aliphatic carbocycles. The zero-order chi connectivity index (χ0) is 22.4. The van der Waals surface area contributed by atoms with Crippen LogP contribution in [0, 0.1) is 0 Å². The fraction of sp³-hybridized carbons (Fsp3) is 0.368. The van der Waals surface area contributed by atoms with Crippen LogP contribution in [0.3, 0.4) is 0 Å². The van der Waals surface area contributed by atoms with Crippen LogP contribution in [0.5, 0.6) is 0 Å². The number of hydrogen-bond donors (Lipinski definition) is 0. The molecule has 3 aromatic rings. The summed E-state index contributed by atoms with van der Waals surface area (Å²) < 4.78 is 50.4. The van der Waals surface area contributed by atoms with E-state index in [0.717, 1.165) is 18.6 Å². The van der Waals surface area contributed by atoms with Crippen LogP contribution in [0.4, 0.5) is 13.2 Å². The standard InChI is InChI=1S/C19H18F3N3O4S/c1-5-29-16(27)18(2,3)15-11-8-10(6-7-12(11)30-23-15)25-14(26)9-13(19(20,21)22)24(4)17(25)28/h6-9H,5H2,1-4H3. The van der Waals surface area contributed by atoms with Gasteiger partial charge in [0.25, 0.3) is 5.56 Å². The summed E-state index contributed by atoms with van der Waals surface area (Å²) in [4.78, 5) is 37.3. The summed E-state index contributed by atoms with van der Waals surface area (Å²) in [6.07, 6.45) is -4.84. The number of esters is 1. The third kappa shape index (κ3) is 3.53. The Morgan fingerprint density at radius 2 is 1.87 bits per heavy atom. The molecule has 0 radical (unpaired) electrons. The summed E-state index contributed by atoms with van der Waals surface area (Å²) >= 11 is 1.12. The Morgan fingerprint density at radius 3 is 2.47 bits per heavy atom. The first-order chi connectivity index (χ1) is 13.9. The number of nitrogens with zero attached hydrogens (tertiary/aromatic N) is 3. The molecule has 0 saturated heterocycles. The first-order valence-electron chi connectivity index (χ1n) is 8.87. The highest BCUT2D eigenvalue weighted by molar-refractivity contribution is 7.13. The summed E-state index contributed by atoms with van der Waals surface area (Å²) in [5, 5.41) is 0.504. The quantitative estimate of drug-likeness (QED) is 0.582. The highest BCUT2D eigenvalue weighted by Gasteiger charge is 2.36. The number of carbonyl (C=O) groups excluding carboxylic acids is 1. The van der Waals surface area contributed by atoms with E-state index in [2.05, 4.69) is 4.37 Å². The second kappa shape index (κ2) is 7.38. The predicted molar refractivity (Wildman–Crippen MR) is 105 cm³/mol. The van der Waals surface area contributed by atoms with Crippen LogP contribution in [0.1, 0.15) is 32.2 Å². The van der Waals surface area contributed by atoms with Crippen molar-refractivity contribution in [2.24, 2.45) is 7.05 Å². The van der Waals surface area contributed by atoms with Crippen LogP contribution in [-0.2, 0) is 28.2 Å². The van der Waals surface area contributed by atoms with Crippen LogP contribution in [0.2, 0.25) is 0 Å². The summed E-state index contributed by atoms with van der Waals surface area (Å²) in [5.41, 5.74) is -4.23. The first kappa shape index (κ1) is 21.8. The zero-order valence-corrected chi connectivity index (χ0v) is 17.3. The van der Waals surface area contributed by atoms with Gasteiger partial charge in [0.15, 0.2) is 0 Å². The minimum Gasteiger partial charge on any atom is -0.465 e. The smallest absolute Gasteiger partial charge is 0.431 e. The van der Waals surface area contributed by atoms with Crippen LogP contribution in [0.25, 0.3) is 15.8 Å². The topological polar surface area (TPSA) is 83.2 Å². The number of halogens is 3. The van der Waals surface area contributed by atoms with Crippen molar-refractivity contribution in [3.05, 3.63) is 56.5 Å². The lowest BCUT2D eigenvalue weighted by Crippen LogP contribution is -2.40. The van der Waals surface area contributed by atoms with Gasteiger partial charge in [-0.3, -0.25) is 14.2 Å². The van der Waals surface area contributed by atoms with E-state index in [4.69, 9.17) is 4.74 Å². The minimum atomic E-state index is -4.84. The molecule has 0 saturated carbocycles. The zero-order valence-electron chi connectivity index (χ0n) is 16.5. The molecule has 3 rings (SSSR count). The average molecular weight is 441 g/mol. The van der Waals surface area contributed by atoms with E-state index in [1.54, 1.807) is 26.8 Å². The van der Waals surface area contributed by atoms with Gasteiger partial charge in [-0.05, 0) is 50.5 Å². The summed E-state index contributed by atoms with van der Waals surface area (Å²) in [6, 6.07) is 4.88. The van der Waals surface area contributed by atoms with E-state index in [9.17, 15) is 27.6 Å². The van der Waals surface area contributed by atoms with E-state index < -0.39 is 34.5 Å². The monoisotopic (exact) mass is 441 g/mol. The van der Waals surface area contributed by atoms with Crippen molar-refractivity contribution in [2.45, 2.75) is 32.4 Å². The van der Waals surface area contributed by atoms with E-state index in [0.29, 0.717) is 31.0 Å². The number of benzene rings is 1. The highest BCUT2D eigenvalue weighted by atomic mass is 32.1. The molecule has 1 aromatic carbocycles. The van der Waals surface area contributed by atoms with Gasteiger partial charge in [0, 0.05) is 18.5 Å². The Kier molecular flexibility index (Phi) is 5.35. The number of rotatable bonds is 4. The van der Waals surface area contributed by atoms with Gasteiger partial charge in [-0.2, -0.15) is 17.5 Å². The Bertz CT molecular complexity index is 1250. The lowest BCUT2D eigenvalue weighted by Gasteiger charge is -2.20. The van der Waals surface area contributed by atoms with Crippen LogP contribution < -0.4 is 11.2 Å². The molecule has 0 atom stereocenters. The molecule has 7 nitrogen and oxygen atoms in total. The van der Waals surface area contributed by atoms with Crippen molar-refractivity contribution in [2.75, 3.05) is 6.61 Å². The van der Waals surface area contributed by atoms with Crippen molar-refractivity contribution in [3.63, 3.8) is 0 Å². The van der Waals surface area contributed by atoms with Gasteiger partial charge in [0.1, 0.15) is 11.1 Å². The summed E-state index contributed by atoms with van der Waals surface area (Å²) in [5.74, 6) is -0.495. The maximum Gasteiger partial charge on any atom is 0.431 e. The molecule has 11 heteroatoms. The van der Waals surface area contributed by atoms with Crippen LogP contribution in [0.15, 0.2) is 33.9 Å².